The van der Waals surface area contributed by atoms with Crippen LogP contribution in [0, 0.1) is 5.82 Å². The average Bonchev–Trinajstić information content (AvgIpc) is 2.26. The second kappa shape index (κ2) is 7.06. The maximum absolute atomic E-state index is 13.1. The molecule has 1 aromatic rings. The van der Waals surface area contributed by atoms with E-state index in [1.807, 2.05) is 0 Å². The third kappa shape index (κ3) is 6.32. The van der Waals surface area contributed by atoms with Crippen molar-refractivity contribution in [2.24, 2.45) is 0 Å². The molecule has 0 aliphatic heterocycles. The van der Waals surface area contributed by atoms with Crippen molar-refractivity contribution in [1.82, 2.24) is 5.32 Å². The molecule has 7 heteroatoms. The Labute approximate surface area is 110 Å². The summed E-state index contributed by atoms with van der Waals surface area (Å²) in [5, 5.41) is 2.86. The molecule has 0 atom stereocenters. The zero-order valence-corrected chi connectivity index (χ0v) is 10.9. The smallest absolute Gasteiger partial charge is 0.371 e. The number of hydrogen-bond acceptors (Lipinski definition) is 2. The molecule has 0 aliphatic carbocycles. The predicted octanol–water partition coefficient (Wildman–Crippen LogP) is 3.26. The van der Waals surface area contributed by atoms with Crippen molar-refractivity contribution >= 4 is 15.9 Å². The largest absolute Gasteiger partial charge is 0.411 e. The van der Waals surface area contributed by atoms with Gasteiger partial charge in [-0.1, -0.05) is 6.07 Å². The molecule has 102 valence electrons. The molecule has 0 unspecified atom stereocenters. The molecule has 0 aromatic heterocycles. The Morgan fingerprint density at radius 3 is 2.61 bits per heavy atom. The number of nitrogens with one attached hydrogen (secondary N) is 1. The lowest BCUT2D eigenvalue weighted by Crippen LogP contribution is -2.23. The van der Waals surface area contributed by atoms with Crippen LogP contribution >= 0.6 is 15.9 Å². The van der Waals surface area contributed by atoms with Gasteiger partial charge in [0.15, 0.2) is 0 Å². The Morgan fingerprint density at radius 1 is 1.28 bits per heavy atom. The number of alkyl halides is 3. The summed E-state index contributed by atoms with van der Waals surface area (Å²) in [7, 11) is 0. The molecule has 0 saturated carbocycles. The summed E-state index contributed by atoms with van der Waals surface area (Å²) in [6.45, 7) is -0.645. The molecule has 0 amide bonds. The molecule has 2 nitrogen and oxygen atoms in total. The molecule has 0 spiro atoms. The quantitative estimate of drug-likeness (QED) is 0.639. The van der Waals surface area contributed by atoms with Crippen LogP contribution in [-0.4, -0.2) is 25.9 Å². The maximum atomic E-state index is 13.1. The lowest BCUT2D eigenvalue weighted by atomic mass is 10.2. The van der Waals surface area contributed by atoms with Crippen LogP contribution in [0.3, 0.4) is 0 Å². The van der Waals surface area contributed by atoms with E-state index in [9.17, 15) is 17.6 Å². The van der Waals surface area contributed by atoms with Gasteiger partial charge in [-0.15, -0.1) is 0 Å². The van der Waals surface area contributed by atoms with Crippen molar-refractivity contribution < 1.29 is 22.3 Å². The highest BCUT2D eigenvalue weighted by Crippen LogP contribution is 2.16. The molecule has 0 fully saturated rings. The van der Waals surface area contributed by atoms with Crippen molar-refractivity contribution in [2.75, 3.05) is 19.8 Å². The first kappa shape index (κ1) is 15.4. The summed E-state index contributed by atoms with van der Waals surface area (Å²) in [4.78, 5) is 0. The highest BCUT2D eigenvalue weighted by Gasteiger charge is 2.27. The molecule has 0 aliphatic rings. The first-order chi connectivity index (χ1) is 8.38. The van der Waals surface area contributed by atoms with Gasteiger partial charge < -0.3 is 10.1 Å². The number of halogens is 5. The van der Waals surface area contributed by atoms with Crippen molar-refractivity contribution in [1.29, 1.82) is 0 Å². The van der Waals surface area contributed by atoms with E-state index in [4.69, 9.17) is 0 Å². The van der Waals surface area contributed by atoms with E-state index >= 15 is 0 Å². The summed E-state index contributed by atoms with van der Waals surface area (Å²) in [5.74, 6) is -0.373. The predicted molar refractivity (Wildman–Crippen MR) is 62.7 cm³/mol. The second-order valence-corrected chi connectivity index (χ2v) is 4.45. The molecule has 1 rings (SSSR count). The molecular formula is C11H12BrF4NO. The SMILES string of the molecule is Fc1cc(CNCCOCC(F)(F)F)ccc1Br. The van der Waals surface area contributed by atoms with Crippen LogP contribution in [0.25, 0.3) is 0 Å². The number of ether oxygens (including phenoxy) is 1. The number of rotatable bonds is 6. The summed E-state index contributed by atoms with van der Waals surface area (Å²) < 4.78 is 53.1. The van der Waals surface area contributed by atoms with Gasteiger partial charge in [-0.3, -0.25) is 0 Å². The fourth-order valence-electron chi connectivity index (χ4n) is 1.21. The van der Waals surface area contributed by atoms with Crippen LogP contribution in [0.2, 0.25) is 0 Å². The first-order valence-corrected chi connectivity index (χ1v) is 5.97. The Morgan fingerprint density at radius 2 is 2.00 bits per heavy atom. The number of hydrogen-bond donors (Lipinski definition) is 1. The Hall–Kier alpha value is -0.660. The minimum absolute atomic E-state index is 0.0431. The van der Waals surface area contributed by atoms with Gasteiger partial charge in [0, 0.05) is 13.1 Å². The maximum Gasteiger partial charge on any atom is 0.411 e. The van der Waals surface area contributed by atoms with Crippen molar-refractivity contribution in [3.63, 3.8) is 0 Å². The fourth-order valence-corrected chi connectivity index (χ4v) is 1.46. The van der Waals surface area contributed by atoms with Gasteiger partial charge in [0.05, 0.1) is 11.1 Å². The van der Waals surface area contributed by atoms with E-state index < -0.39 is 12.8 Å². The minimum atomic E-state index is -4.30. The lowest BCUT2D eigenvalue weighted by Gasteiger charge is -2.08. The van der Waals surface area contributed by atoms with Crippen LogP contribution < -0.4 is 5.32 Å². The zero-order chi connectivity index (χ0) is 13.6. The molecule has 0 radical (unpaired) electrons. The van der Waals surface area contributed by atoms with Gasteiger partial charge in [-0.05, 0) is 33.6 Å². The summed E-state index contributed by atoms with van der Waals surface area (Å²) >= 11 is 3.03. The van der Waals surface area contributed by atoms with E-state index in [0.717, 1.165) is 0 Å². The summed E-state index contributed by atoms with van der Waals surface area (Å²) in [6.07, 6.45) is -4.30. The van der Waals surface area contributed by atoms with Crippen LogP contribution in [0.15, 0.2) is 22.7 Å². The molecule has 0 bridgehead atoms. The third-order valence-corrected chi connectivity index (χ3v) is 2.65. The molecule has 0 saturated heterocycles. The van der Waals surface area contributed by atoms with E-state index in [-0.39, 0.29) is 19.0 Å². The summed E-state index contributed by atoms with van der Waals surface area (Å²) in [6, 6.07) is 4.65. The molecular weight excluding hydrogens is 318 g/mol. The van der Waals surface area contributed by atoms with Crippen LogP contribution in [0.1, 0.15) is 5.56 Å². The minimum Gasteiger partial charge on any atom is -0.371 e. The van der Waals surface area contributed by atoms with Gasteiger partial charge in [0.25, 0.3) is 0 Å². The highest BCUT2D eigenvalue weighted by atomic mass is 79.9. The van der Waals surface area contributed by atoms with Crippen molar-refractivity contribution in [3.8, 4) is 0 Å². The zero-order valence-electron chi connectivity index (χ0n) is 9.36. The van der Waals surface area contributed by atoms with Gasteiger partial charge in [-0.2, -0.15) is 13.2 Å². The normalized spacial score (nSPS) is 11.8. The highest BCUT2D eigenvalue weighted by molar-refractivity contribution is 9.10. The van der Waals surface area contributed by atoms with Gasteiger partial charge in [-0.25, -0.2) is 4.39 Å². The van der Waals surface area contributed by atoms with Crippen molar-refractivity contribution in [3.05, 3.63) is 34.1 Å². The van der Waals surface area contributed by atoms with E-state index in [1.54, 1.807) is 12.1 Å². The molecule has 1 N–H and O–H groups in total. The lowest BCUT2D eigenvalue weighted by molar-refractivity contribution is -0.173. The Kier molecular flexibility index (Phi) is 6.04. The Bertz CT molecular complexity index is 384. The van der Waals surface area contributed by atoms with Crippen LogP contribution in [-0.2, 0) is 11.3 Å². The summed E-state index contributed by atoms with van der Waals surface area (Å²) in [5.41, 5.74) is 0.714. The van der Waals surface area contributed by atoms with Crippen LogP contribution in [0.4, 0.5) is 17.6 Å². The average molecular weight is 330 g/mol. The van der Waals surface area contributed by atoms with Gasteiger partial charge >= 0.3 is 6.18 Å². The third-order valence-electron chi connectivity index (χ3n) is 2.00. The first-order valence-electron chi connectivity index (χ1n) is 5.17. The van der Waals surface area contributed by atoms with Crippen LogP contribution in [0.5, 0.6) is 0 Å². The van der Waals surface area contributed by atoms with Gasteiger partial charge in [0.1, 0.15) is 12.4 Å². The van der Waals surface area contributed by atoms with Crippen molar-refractivity contribution in [2.45, 2.75) is 12.7 Å². The monoisotopic (exact) mass is 329 g/mol. The van der Waals surface area contributed by atoms with Gasteiger partial charge in [0.2, 0.25) is 0 Å². The second-order valence-electron chi connectivity index (χ2n) is 3.59. The molecule has 1 aromatic carbocycles. The van der Waals surface area contributed by atoms with E-state index in [0.29, 0.717) is 16.6 Å². The molecule has 0 heterocycles. The van der Waals surface area contributed by atoms with E-state index in [1.165, 1.54) is 6.07 Å². The standard InChI is InChI=1S/C11H12BrF4NO/c12-9-2-1-8(5-10(9)13)6-17-3-4-18-7-11(14,15)16/h1-2,5,17H,3-4,6-7H2. The number of benzene rings is 1. The molecule has 18 heavy (non-hydrogen) atoms. The fraction of sp³-hybridized carbons (Fsp3) is 0.455. The topological polar surface area (TPSA) is 21.3 Å². The van der Waals surface area contributed by atoms with E-state index in [2.05, 4.69) is 26.0 Å². The Balaban J connectivity index is 2.16.